The lowest BCUT2D eigenvalue weighted by Crippen LogP contribution is -2.53. The molecule has 3 aromatic heterocycles. The summed E-state index contributed by atoms with van der Waals surface area (Å²) < 4.78 is 15.6. The second-order valence-corrected chi connectivity index (χ2v) is 8.10. The third-order valence-corrected chi connectivity index (χ3v) is 5.99. The third kappa shape index (κ3) is 4.18. The fourth-order valence-electron chi connectivity index (χ4n) is 3.62. The van der Waals surface area contributed by atoms with Crippen LogP contribution in [0.1, 0.15) is 36.0 Å². The number of thiophene rings is 1. The number of carbonyl (C=O) groups is 1. The van der Waals surface area contributed by atoms with Gasteiger partial charge in [-0.25, -0.2) is 14.8 Å². The Bertz CT molecular complexity index is 1010. The summed E-state index contributed by atoms with van der Waals surface area (Å²) in [5.74, 6) is -0.572. The standard InChI is InChI=1S/C21H23FN6OS/c22-20-15(14-7-8-30-12-14)10-25-11-18(20)28(27-17-4-2-1-3-16(17)23)19-6-5-13(9-26-19)21(24)29/h5-12,16-17,27H,1-4,23H2,(H2,24,29). The predicted molar refractivity (Wildman–Crippen MR) is 116 cm³/mol. The van der Waals surface area contributed by atoms with Crippen molar-refractivity contribution in [2.24, 2.45) is 11.5 Å². The normalized spacial score (nSPS) is 18.9. The van der Waals surface area contributed by atoms with E-state index >= 15 is 4.39 Å². The van der Waals surface area contributed by atoms with Crippen molar-refractivity contribution >= 4 is 28.7 Å². The van der Waals surface area contributed by atoms with E-state index in [-0.39, 0.29) is 23.3 Å². The maximum Gasteiger partial charge on any atom is 0.250 e. The van der Waals surface area contributed by atoms with E-state index in [4.69, 9.17) is 11.5 Å². The highest BCUT2D eigenvalue weighted by atomic mass is 32.1. The largest absolute Gasteiger partial charge is 0.366 e. The van der Waals surface area contributed by atoms with Crippen molar-refractivity contribution in [3.8, 4) is 11.1 Å². The SMILES string of the molecule is NC(=O)c1ccc(N(NC2CCCCC2N)c2cncc(-c3ccsc3)c2F)nc1. The van der Waals surface area contributed by atoms with Gasteiger partial charge >= 0.3 is 0 Å². The Balaban J connectivity index is 1.75. The second-order valence-electron chi connectivity index (χ2n) is 7.32. The molecule has 3 aromatic rings. The number of pyridine rings is 2. The molecule has 5 N–H and O–H groups in total. The van der Waals surface area contributed by atoms with E-state index in [1.165, 1.54) is 29.9 Å². The molecule has 3 heterocycles. The van der Waals surface area contributed by atoms with Gasteiger partial charge in [-0.3, -0.25) is 14.8 Å². The highest BCUT2D eigenvalue weighted by Crippen LogP contribution is 2.33. The van der Waals surface area contributed by atoms with Gasteiger partial charge in [-0.05, 0) is 47.4 Å². The molecule has 7 nitrogen and oxygen atoms in total. The van der Waals surface area contributed by atoms with E-state index in [9.17, 15) is 4.79 Å². The maximum atomic E-state index is 15.6. The van der Waals surface area contributed by atoms with Crippen LogP contribution >= 0.6 is 11.3 Å². The molecule has 1 saturated carbocycles. The zero-order chi connectivity index (χ0) is 21.1. The Kier molecular flexibility index (Phi) is 6.03. The van der Waals surface area contributed by atoms with Gasteiger partial charge in [0.1, 0.15) is 11.5 Å². The number of carbonyl (C=O) groups excluding carboxylic acids is 1. The minimum Gasteiger partial charge on any atom is -0.366 e. The van der Waals surface area contributed by atoms with Crippen LogP contribution in [0, 0.1) is 5.82 Å². The molecule has 1 aliphatic rings. The smallest absolute Gasteiger partial charge is 0.250 e. The molecule has 0 saturated heterocycles. The summed E-state index contributed by atoms with van der Waals surface area (Å²) in [6.07, 6.45) is 8.23. The summed E-state index contributed by atoms with van der Waals surface area (Å²) in [6.45, 7) is 0. The first-order chi connectivity index (χ1) is 14.5. The summed E-state index contributed by atoms with van der Waals surface area (Å²) in [7, 11) is 0. The predicted octanol–water partition coefficient (Wildman–Crippen LogP) is 3.36. The van der Waals surface area contributed by atoms with Crippen molar-refractivity contribution in [3.05, 3.63) is 58.9 Å². The quantitative estimate of drug-likeness (QED) is 0.522. The van der Waals surface area contributed by atoms with Crippen molar-refractivity contribution in [2.75, 3.05) is 5.01 Å². The van der Waals surface area contributed by atoms with Crippen LogP contribution in [0.4, 0.5) is 15.9 Å². The van der Waals surface area contributed by atoms with Gasteiger partial charge in [0.05, 0.1) is 11.8 Å². The van der Waals surface area contributed by atoms with Crippen molar-refractivity contribution in [3.63, 3.8) is 0 Å². The first-order valence-corrected chi connectivity index (χ1v) is 10.7. The molecule has 0 radical (unpaired) electrons. The summed E-state index contributed by atoms with van der Waals surface area (Å²) in [5, 5.41) is 5.33. The Labute approximate surface area is 177 Å². The zero-order valence-electron chi connectivity index (χ0n) is 16.3. The number of primary amides is 1. The molecule has 0 spiro atoms. The summed E-state index contributed by atoms with van der Waals surface area (Å²) >= 11 is 1.49. The molecule has 30 heavy (non-hydrogen) atoms. The lowest BCUT2D eigenvalue weighted by molar-refractivity contribution is 0.1000. The van der Waals surface area contributed by atoms with Crippen LogP contribution in [-0.2, 0) is 0 Å². The van der Waals surface area contributed by atoms with Crippen molar-refractivity contribution in [1.82, 2.24) is 15.4 Å². The molecule has 2 unspecified atom stereocenters. The van der Waals surface area contributed by atoms with Crippen molar-refractivity contribution < 1.29 is 9.18 Å². The van der Waals surface area contributed by atoms with Crippen LogP contribution in [-0.4, -0.2) is 28.0 Å². The molecule has 1 amide bonds. The fraction of sp³-hybridized carbons (Fsp3) is 0.286. The van der Waals surface area contributed by atoms with Crippen LogP contribution in [0.2, 0.25) is 0 Å². The van der Waals surface area contributed by atoms with Crippen LogP contribution in [0.5, 0.6) is 0 Å². The van der Waals surface area contributed by atoms with Gasteiger partial charge in [-0.15, -0.1) is 0 Å². The molecular weight excluding hydrogens is 403 g/mol. The average Bonchev–Trinajstić information content (AvgIpc) is 3.28. The van der Waals surface area contributed by atoms with Gasteiger partial charge in [0, 0.05) is 30.0 Å². The topological polar surface area (TPSA) is 110 Å². The third-order valence-electron chi connectivity index (χ3n) is 5.31. The van der Waals surface area contributed by atoms with E-state index in [0.717, 1.165) is 31.2 Å². The number of rotatable bonds is 6. The molecule has 2 atom stereocenters. The van der Waals surface area contributed by atoms with E-state index in [0.29, 0.717) is 11.4 Å². The number of anilines is 2. The van der Waals surface area contributed by atoms with E-state index in [2.05, 4.69) is 15.4 Å². The highest BCUT2D eigenvalue weighted by Gasteiger charge is 2.27. The number of aromatic nitrogens is 2. The number of nitrogens with two attached hydrogens (primary N) is 2. The first-order valence-electron chi connectivity index (χ1n) is 9.78. The lowest BCUT2D eigenvalue weighted by Gasteiger charge is -2.35. The van der Waals surface area contributed by atoms with Crippen molar-refractivity contribution in [1.29, 1.82) is 0 Å². The molecule has 0 aromatic carbocycles. The first kappa shape index (κ1) is 20.4. The Hall–Kier alpha value is -2.88. The van der Waals surface area contributed by atoms with Gasteiger partial charge in [0.15, 0.2) is 5.82 Å². The summed E-state index contributed by atoms with van der Waals surface area (Å²) in [4.78, 5) is 20.0. The van der Waals surface area contributed by atoms with Gasteiger partial charge in [0.2, 0.25) is 5.91 Å². The molecule has 0 aliphatic heterocycles. The van der Waals surface area contributed by atoms with Crippen LogP contribution < -0.4 is 21.9 Å². The molecule has 9 heteroatoms. The van der Waals surface area contributed by atoms with Gasteiger partial charge < -0.3 is 11.5 Å². The molecular formula is C21H23FN6OS. The summed E-state index contributed by atoms with van der Waals surface area (Å²) in [5.41, 5.74) is 16.7. The minimum absolute atomic E-state index is 0.0411. The second kappa shape index (κ2) is 8.86. The monoisotopic (exact) mass is 426 g/mol. The van der Waals surface area contributed by atoms with Gasteiger partial charge in [0.25, 0.3) is 0 Å². The van der Waals surface area contributed by atoms with E-state index < -0.39 is 11.7 Å². The fourth-order valence-corrected chi connectivity index (χ4v) is 4.27. The molecule has 4 rings (SSSR count). The highest BCUT2D eigenvalue weighted by molar-refractivity contribution is 7.08. The maximum absolute atomic E-state index is 15.6. The molecule has 156 valence electrons. The number of halogens is 1. The lowest BCUT2D eigenvalue weighted by atomic mass is 9.91. The van der Waals surface area contributed by atoms with E-state index in [1.54, 1.807) is 17.1 Å². The number of hydrogen-bond acceptors (Lipinski definition) is 7. The van der Waals surface area contributed by atoms with Gasteiger partial charge in [-0.1, -0.05) is 12.8 Å². The Morgan fingerprint density at radius 2 is 2.03 bits per heavy atom. The molecule has 1 aliphatic carbocycles. The Morgan fingerprint density at radius 3 is 2.70 bits per heavy atom. The van der Waals surface area contributed by atoms with Crippen LogP contribution in [0.15, 0.2) is 47.5 Å². The average molecular weight is 427 g/mol. The number of amides is 1. The number of hydrazine groups is 1. The van der Waals surface area contributed by atoms with Crippen LogP contribution in [0.3, 0.4) is 0 Å². The minimum atomic E-state index is -0.574. The van der Waals surface area contributed by atoms with Crippen molar-refractivity contribution in [2.45, 2.75) is 37.8 Å². The Morgan fingerprint density at radius 1 is 1.20 bits per heavy atom. The van der Waals surface area contributed by atoms with Gasteiger partial charge in [-0.2, -0.15) is 11.3 Å². The van der Waals surface area contributed by atoms with E-state index in [1.807, 2.05) is 16.8 Å². The summed E-state index contributed by atoms with van der Waals surface area (Å²) in [6, 6.07) is 4.94. The number of nitrogens with zero attached hydrogens (tertiary/aromatic N) is 3. The molecule has 1 fully saturated rings. The molecule has 0 bridgehead atoms. The number of hydrogen-bond donors (Lipinski definition) is 3. The number of nitrogens with one attached hydrogen (secondary N) is 1. The van der Waals surface area contributed by atoms with Crippen LogP contribution in [0.25, 0.3) is 11.1 Å². The zero-order valence-corrected chi connectivity index (χ0v) is 17.1.